The molecule has 8 heteroatoms. The van der Waals surface area contributed by atoms with Crippen LogP contribution in [0, 0.1) is 0 Å². The Kier molecular flexibility index (Phi) is 12.2. The molecule has 1 aromatic carbocycles. The van der Waals surface area contributed by atoms with Gasteiger partial charge in [-0.15, -0.1) is 0 Å². The quantitative estimate of drug-likeness (QED) is 0.258. The Balaban J connectivity index is 1.94. The van der Waals surface area contributed by atoms with Crippen LogP contribution in [-0.4, -0.2) is 96.7 Å². The summed E-state index contributed by atoms with van der Waals surface area (Å²) in [6.45, 7) is 19.8. The minimum atomic E-state index is -0.183. The summed E-state index contributed by atoms with van der Waals surface area (Å²) in [4.78, 5) is 39.5. The Morgan fingerprint density at radius 1 is 1.00 bits per heavy atom. The number of hydrogen-bond donors (Lipinski definition) is 1. The van der Waals surface area contributed by atoms with Gasteiger partial charge < -0.3 is 24.9 Å². The van der Waals surface area contributed by atoms with Gasteiger partial charge in [0.2, 0.25) is 5.91 Å². The molecule has 0 aromatic heterocycles. The van der Waals surface area contributed by atoms with Crippen molar-refractivity contribution in [3.63, 3.8) is 0 Å². The van der Waals surface area contributed by atoms with Gasteiger partial charge in [-0.1, -0.05) is 56.9 Å². The normalized spacial score (nSPS) is 17.7. The number of likely N-dealkylation sites (N-methyl/N-ethyl adjacent to an activating group) is 1. The van der Waals surface area contributed by atoms with Gasteiger partial charge in [-0.25, -0.2) is 4.99 Å². The van der Waals surface area contributed by atoms with Crippen molar-refractivity contribution in [1.82, 2.24) is 24.9 Å². The van der Waals surface area contributed by atoms with E-state index in [1.807, 2.05) is 55.2 Å². The summed E-state index contributed by atoms with van der Waals surface area (Å²) in [5, 5.41) is 3.08. The summed E-state index contributed by atoms with van der Waals surface area (Å²) in [5.41, 5.74) is 3.03. The van der Waals surface area contributed by atoms with Crippen LogP contribution in [0.25, 0.3) is 12.2 Å². The molecule has 2 aliphatic rings. The molecular weight excluding hydrogens is 512 g/mol. The molecular formula is C33H46N6O2. The molecule has 0 radical (unpaired) electrons. The number of carbonyl (C=O) groups excluding carboxylic acids is 2. The van der Waals surface area contributed by atoms with E-state index < -0.39 is 0 Å². The van der Waals surface area contributed by atoms with Crippen LogP contribution in [0.5, 0.6) is 0 Å². The van der Waals surface area contributed by atoms with Crippen LogP contribution < -0.4 is 5.32 Å². The molecule has 1 N–H and O–H groups in total. The van der Waals surface area contributed by atoms with Crippen LogP contribution in [-0.2, 0) is 4.79 Å². The molecule has 0 spiro atoms. The Morgan fingerprint density at radius 2 is 1.66 bits per heavy atom. The molecule has 8 nitrogen and oxygen atoms in total. The summed E-state index contributed by atoms with van der Waals surface area (Å²) in [7, 11) is 2.15. The SMILES string of the molecule is C=CC(=O)N1CCN(C(/C=C(\C)NC(=O)c2cccc(C=C)c2/C=C\C)=N/C(=C/CCC)N2CCN(C)CC2)CC1. The number of allylic oxidation sites excluding steroid dienone is 3. The molecule has 2 aliphatic heterocycles. The molecule has 2 saturated heterocycles. The first-order valence-corrected chi connectivity index (χ1v) is 14.6. The molecule has 2 heterocycles. The third kappa shape index (κ3) is 8.79. The lowest BCUT2D eigenvalue weighted by atomic mass is 9.99. The summed E-state index contributed by atoms with van der Waals surface area (Å²) in [6, 6.07) is 5.65. The number of unbranched alkanes of at least 4 members (excludes halogenated alkanes) is 1. The largest absolute Gasteiger partial charge is 0.354 e. The molecule has 2 fully saturated rings. The zero-order valence-corrected chi connectivity index (χ0v) is 25.2. The number of aliphatic imine (C=N–C) groups is 1. The van der Waals surface area contributed by atoms with Gasteiger partial charge >= 0.3 is 0 Å². The Labute approximate surface area is 246 Å². The molecule has 2 amide bonds. The molecule has 0 aliphatic carbocycles. The smallest absolute Gasteiger partial charge is 0.256 e. The molecule has 41 heavy (non-hydrogen) atoms. The standard InChI is InChI=1S/C33H46N6O2/c1-7-11-16-30(37-19-17-36(6)18-20-37)35-31(38-21-23-39(24-22-38)32(40)10-4)25-26(5)34-33(41)29-15-12-14-27(9-3)28(29)13-8-2/h8-10,12-16,25H,3-4,7,11,17-24H2,1-2,5-6H3,(H,34,41)/b13-8-,26-25+,30-16-,35-31+. The van der Waals surface area contributed by atoms with Crippen molar-refractivity contribution in [1.29, 1.82) is 0 Å². The fourth-order valence-electron chi connectivity index (χ4n) is 4.94. The number of carbonyl (C=O) groups is 2. The highest BCUT2D eigenvalue weighted by molar-refractivity contribution is 6.01. The van der Waals surface area contributed by atoms with Gasteiger partial charge in [-0.2, -0.15) is 0 Å². The van der Waals surface area contributed by atoms with Crippen LogP contribution in [0.2, 0.25) is 0 Å². The fraction of sp³-hybridized carbons (Fsp3) is 0.424. The zero-order chi connectivity index (χ0) is 29.8. The van der Waals surface area contributed by atoms with Gasteiger partial charge in [0.15, 0.2) is 0 Å². The minimum Gasteiger partial charge on any atom is -0.354 e. The molecule has 1 aromatic rings. The number of hydrogen-bond acceptors (Lipinski definition) is 5. The molecule has 0 atom stereocenters. The third-order valence-electron chi connectivity index (χ3n) is 7.36. The first kappa shape index (κ1) is 31.6. The van der Waals surface area contributed by atoms with E-state index in [0.717, 1.165) is 61.8 Å². The lowest BCUT2D eigenvalue weighted by Gasteiger charge is -2.37. The number of nitrogens with one attached hydrogen (secondary N) is 1. The van der Waals surface area contributed by atoms with Crippen LogP contribution in [0.4, 0.5) is 0 Å². The molecule has 220 valence electrons. The first-order chi connectivity index (χ1) is 19.8. The molecule has 0 unspecified atom stereocenters. The predicted molar refractivity (Wildman–Crippen MR) is 170 cm³/mol. The second-order valence-corrected chi connectivity index (χ2v) is 10.4. The van der Waals surface area contributed by atoms with Crippen molar-refractivity contribution < 1.29 is 9.59 Å². The van der Waals surface area contributed by atoms with Crippen molar-refractivity contribution in [3.8, 4) is 0 Å². The number of piperazine rings is 2. The van der Waals surface area contributed by atoms with Gasteiger partial charge in [-0.3, -0.25) is 9.59 Å². The maximum Gasteiger partial charge on any atom is 0.256 e. The Hall–Kier alpha value is -3.91. The Morgan fingerprint density at radius 3 is 2.27 bits per heavy atom. The van der Waals surface area contributed by atoms with Gasteiger partial charge in [0.05, 0.1) is 0 Å². The minimum absolute atomic E-state index is 0.0539. The van der Waals surface area contributed by atoms with Crippen LogP contribution in [0.15, 0.2) is 72.2 Å². The van der Waals surface area contributed by atoms with E-state index in [0.29, 0.717) is 37.4 Å². The van der Waals surface area contributed by atoms with E-state index in [1.165, 1.54) is 6.08 Å². The number of amidine groups is 1. The fourth-order valence-corrected chi connectivity index (χ4v) is 4.94. The van der Waals surface area contributed by atoms with Gasteiger partial charge in [0.1, 0.15) is 11.7 Å². The van der Waals surface area contributed by atoms with Crippen molar-refractivity contribution in [2.45, 2.75) is 33.6 Å². The summed E-state index contributed by atoms with van der Waals surface area (Å²) in [5.74, 6) is 1.51. The average Bonchev–Trinajstić information content (AvgIpc) is 2.99. The summed E-state index contributed by atoms with van der Waals surface area (Å²) >= 11 is 0. The van der Waals surface area contributed by atoms with Crippen molar-refractivity contribution in [2.24, 2.45) is 4.99 Å². The second-order valence-electron chi connectivity index (χ2n) is 10.4. The molecule has 0 saturated carbocycles. The summed E-state index contributed by atoms with van der Waals surface area (Å²) in [6.07, 6.45) is 13.1. The highest BCUT2D eigenvalue weighted by Crippen LogP contribution is 2.19. The number of nitrogens with zero attached hydrogens (tertiary/aromatic N) is 5. The van der Waals surface area contributed by atoms with Gasteiger partial charge in [-0.05, 0) is 62.7 Å². The zero-order valence-electron chi connectivity index (χ0n) is 25.2. The lowest BCUT2D eigenvalue weighted by molar-refractivity contribution is -0.127. The van der Waals surface area contributed by atoms with E-state index in [2.05, 4.69) is 53.2 Å². The maximum absolute atomic E-state index is 13.4. The highest BCUT2D eigenvalue weighted by Gasteiger charge is 2.23. The van der Waals surface area contributed by atoms with E-state index in [9.17, 15) is 9.59 Å². The lowest BCUT2D eigenvalue weighted by Crippen LogP contribution is -2.50. The van der Waals surface area contributed by atoms with Crippen molar-refractivity contribution in [3.05, 3.63) is 83.9 Å². The van der Waals surface area contributed by atoms with Crippen LogP contribution in [0.1, 0.15) is 55.1 Å². The van der Waals surface area contributed by atoms with E-state index in [-0.39, 0.29) is 11.8 Å². The van der Waals surface area contributed by atoms with Crippen molar-refractivity contribution >= 4 is 29.8 Å². The van der Waals surface area contributed by atoms with Gasteiger partial charge in [0.25, 0.3) is 5.91 Å². The number of amides is 2. The topological polar surface area (TPSA) is 71.5 Å². The third-order valence-corrected chi connectivity index (χ3v) is 7.36. The van der Waals surface area contributed by atoms with Crippen molar-refractivity contribution in [2.75, 3.05) is 59.4 Å². The first-order valence-electron chi connectivity index (χ1n) is 14.6. The predicted octanol–water partition coefficient (Wildman–Crippen LogP) is 4.61. The van der Waals surface area contributed by atoms with Gasteiger partial charge in [0, 0.05) is 63.6 Å². The number of benzene rings is 1. The van der Waals surface area contributed by atoms with E-state index in [4.69, 9.17) is 4.99 Å². The summed E-state index contributed by atoms with van der Waals surface area (Å²) < 4.78 is 0. The highest BCUT2D eigenvalue weighted by atomic mass is 16.2. The molecule has 3 rings (SSSR count). The van der Waals surface area contributed by atoms with Crippen LogP contribution >= 0.6 is 0 Å². The average molecular weight is 559 g/mol. The molecule has 0 bridgehead atoms. The second kappa shape index (κ2) is 15.8. The van der Waals surface area contributed by atoms with E-state index >= 15 is 0 Å². The number of rotatable bonds is 10. The van der Waals surface area contributed by atoms with Crippen LogP contribution in [0.3, 0.4) is 0 Å². The monoisotopic (exact) mass is 558 g/mol. The Bertz CT molecular complexity index is 1210. The van der Waals surface area contributed by atoms with E-state index in [1.54, 1.807) is 6.08 Å². The maximum atomic E-state index is 13.4.